The molecule has 0 bridgehead atoms. The van der Waals surface area contributed by atoms with Crippen molar-refractivity contribution < 1.29 is 9.53 Å². The maximum Gasteiger partial charge on any atom is 0.224 e. The predicted molar refractivity (Wildman–Crippen MR) is 69.8 cm³/mol. The molecule has 1 heterocycles. The van der Waals surface area contributed by atoms with Gasteiger partial charge in [-0.25, -0.2) is 0 Å². The first-order chi connectivity index (χ1) is 8.07. The van der Waals surface area contributed by atoms with Crippen molar-refractivity contribution in [3.05, 3.63) is 34.3 Å². The summed E-state index contributed by atoms with van der Waals surface area (Å²) in [7, 11) is 0. The van der Waals surface area contributed by atoms with Gasteiger partial charge >= 0.3 is 0 Å². The molecule has 4 heteroatoms. The van der Waals surface area contributed by atoms with Crippen LogP contribution in [0, 0.1) is 5.41 Å². The summed E-state index contributed by atoms with van der Waals surface area (Å²) < 4.78 is 6.17. The molecule has 17 heavy (non-hydrogen) atoms. The van der Waals surface area contributed by atoms with E-state index in [1.54, 1.807) is 0 Å². The summed E-state index contributed by atoms with van der Waals surface area (Å²) >= 11 is 3.37. The number of amides is 1. The summed E-state index contributed by atoms with van der Waals surface area (Å²) in [5.41, 5.74) is 1.16. The molecular weight excluding hydrogens is 282 g/mol. The Morgan fingerprint density at radius 1 is 1.41 bits per heavy atom. The second-order valence-corrected chi connectivity index (χ2v) is 5.80. The molecule has 0 spiro atoms. The summed E-state index contributed by atoms with van der Waals surface area (Å²) in [6.07, 6.45) is 0.435. The number of nitrogens with one attached hydrogen (secondary N) is 1. The van der Waals surface area contributed by atoms with Gasteiger partial charge in [0.25, 0.3) is 0 Å². The van der Waals surface area contributed by atoms with Gasteiger partial charge in [0, 0.05) is 16.4 Å². The van der Waals surface area contributed by atoms with Gasteiger partial charge in [0.2, 0.25) is 5.91 Å². The average molecular weight is 298 g/mol. The van der Waals surface area contributed by atoms with E-state index in [2.05, 4.69) is 28.2 Å². The zero-order valence-corrected chi connectivity index (χ0v) is 11.4. The van der Waals surface area contributed by atoms with E-state index in [-0.39, 0.29) is 11.3 Å². The van der Waals surface area contributed by atoms with Crippen LogP contribution >= 0.6 is 15.9 Å². The summed E-state index contributed by atoms with van der Waals surface area (Å²) in [4.78, 5) is 11.7. The van der Waals surface area contributed by atoms with Crippen LogP contribution in [0.3, 0.4) is 0 Å². The van der Waals surface area contributed by atoms with Crippen LogP contribution in [-0.4, -0.2) is 25.7 Å². The minimum atomic E-state index is 0.0699. The van der Waals surface area contributed by atoms with Gasteiger partial charge in [-0.3, -0.25) is 4.79 Å². The van der Waals surface area contributed by atoms with Crippen molar-refractivity contribution in [3.8, 4) is 0 Å². The lowest BCUT2D eigenvalue weighted by Crippen LogP contribution is -2.48. The Labute approximate surface area is 110 Å². The highest BCUT2D eigenvalue weighted by molar-refractivity contribution is 9.10. The van der Waals surface area contributed by atoms with Crippen molar-refractivity contribution in [1.82, 2.24) is 5.32 Å². The molecule has 1 aromatic rings. The van der Waals surface area contributed by atoms with Crippen LogP contribution in [0.4, 0.5) is 0 Å². The van der Waals surface area contributed by atoms with E-state index in [9.17, 15) is 4.79 Å². The third kappa shape index (κ3) is 3.54. The zero-order valence-electron chi connectivity index (χ0n) is 9.83. The minimum absolute atomic E-state index is 0.0699. The topological polar surface area (TPSA) is 38.3 Å². The number of carbonyl (C=O) groups excluding carboxylic acids is 1. The van der Waals surface area contributed by atoms with Crippen LogP contribution in [0.2, 0.25) is 0 Å². The fourth-order valence-corrected chi connectivity index (χ4v) is 1.98. The van der Waals surface area contributed by atoms with Gasteiger partial charge in [0.05, 0.1) is 19.6 Å². The average Bonchev–Trinajstić information content (AvgIpc) is 2.27. The summed E-state index contributed by atoms with van der Waals surface area (Å²) in [5.74, 6) is 0.0699. The lowest BCUT2D eigenvalue weighted by Gasteiger charge is -2.38. The highest BCUT2D eigenvalue weighted by Crippen LogP contribution is 2.25. The molecule has 1 aliphatic heterocycles. The Hall–Kier alpha value is -0.870. The molecule has 0 unspecified atom stereocenters. The molecule has 1 N–H and O–H groups in total. The van der Waals surface area contributed by atoms with E-state index >= 15 is 0 Å². The molecule has 0 atom stereocenters. The van der Waals surface area contributed by atoms with Gasteiger partial charge in [-0.15, -0.1) is 0 Å². The van der Waals surface area contributed by atoms with Crippen LogP contribution in [-0.2, 0) is 16.0 Å². The van der Waals surface area contributed by atoms with Crippen LogP contribution in [0.15, 0.2) is 28.7 Å². The molecule has 0 aliphatic carbocycles. The molecule has 3 nitrogen and oxygen atoms in total. The van der Waals surface area contributed by atoms with Crippen molar-refractivity contribution in [2.24, 2.45) is 5.41 Å². The normalized spacial score (nSPS) is 17.3. The molecule has 1 amide bonds. The lowest BCUT2D eigenvalue weighted by molar-refractivity contribution is -0.126. The first-order valence-electron chi connectivity index (χ1n) is 5.66. The Bertz CT molecular complexity index is 398. The van der Waals surface area contributed by atoms with E-state index in [1.165, 1.54) is 0 Å². The Morgan fingerprint density at radius 2 is 2.06 bits per heavy atom. The molecule has 1 aromatic carbocycles. The monoisotopic (exact) mass is 297 g/mol. The summed E-state index contributed by atoms with van der Waals surface area (Å²) in [5, 5.41) is 2.96. The molecular formula is C13H16BrNO2. The van der Waals surface area contributed by atoms with Gasteiger partial charge in [-0.05, 0) is 17.7 Å². The molecule has 92 valence electrons. The smallest absolute Gasteiger partial charge is 0.224 e. The Morgan fingerprint density at radius 3 is 2.59 bits per heavy atom. The van der Waals surface area contributed by atoms with Crippen LogP contribution in [0.25, 0.3) is 0 Å². The molecule has 0 saturated carbocycles. The van der Waals surface area contributed by atoms with Crippen molar-refractivity contribution in [1.29, 1.82) is 0 Å². The molecule has 1 aliphatic rings. The van der Waals surface area contributed by atoms with Crippen molar-refractivity contribution >= 4 is 21.8 Å². The number of rotatable bonds is 4. The molecule has 1 saturated heterocycles. The number of benzene rings is 1. The fraction of sp³-hybridized carbons (Fsp3) is 0.462. The maximum atomic E-state index is 11.7. The van der Waals surface area contributed by atoms with E-state index in [0.29, 0.717) is 13.0 Å². The van der Waals surface area contributed by atoms with E-state index in [4.69, 9.17) is 4.74 Å². The van der Waals surface area contributed by atoms with Crippen molar-refractivity contribution in [3.63, 3.8) is 0 Å². The fourth-order valence-electron chi connectivity index (χ4n) is 1.71. The molecule has 2 rings (SSSR count). The van der Waals surface area contributed by atoms with Crippen LogP contribution in [0.1, 0.15) is 12.5 Å². The van der Waals surface area contributed by atoms with E-state index in [0.717, 1.165) is 23.2 Å². The van der Waals surface area contributed by atoms with Crippen molar-refractivity contribution in [2.75, 3.05) is 19.8 Å². The largest absolute Gasteiger partial charge is 0.380 e. The van der Waals surface area contributed by atoms with Gasteiger partial charge < -0.3 is 10.1 Å². The zero-order chi connectivity index (χ0) is 12.3. The highest BCUT2D eigenvalue weighted by atomic mass is 79.9. The number of hydrogen-bond acceptors (Lipinski definition) is 2. The second kappa shape index (κ2) is 5.19. The second-order valence-electron chi connectivity index (χ2n) is 4.88. The number of halogens is 1. The van der Waals surface area contributed by atoms with E-state index < -0.39 is 0 Å². The highest BCUT2D eigenvalue weighted by Gasteiger charge is 2.33. The minimum Gasteiger partial charge on any atom is -0.380 e. The van der Waals surface area contributed by atoms with Crippen LogP contribution in [0.5, 0.6) is 0 Å². The van der Waals surface area contributed by atoms with Gasteiger partial charge in [-0.2, -0.15) is 0 Å². The van der Waals surface area contributed by atoms with Gasteiger partial charge in [-0.1, -0.05) is 35.0 Å². The summed E-state index contributed by atoms with van der Waals surface area (Å²) in [6, 6.07) is 7.81. The van der Waals surface area contributed by atoms with Crippen LogP contribution < -0.4 is 5.32 Å². The van der Waals surface area contributed by atoms with Gasteiger partial charge in [0.1, 0.15) is 0 Å². The maximum absolute atomic E-state index is 11.7. The quantitative estimate of drug-likeness (QED) is 0.925. The lowest BCUT2D eigenvalue weighted by atomic mass is 9.89. The first-order valence-corrected chi connectivity index (χ1v) is 6.46. The Kier molecular flexibility index (Phi) is 3.84. The van der Waals surface area contributed by atoms with Gasteiger partial charge in [0.15, 0.2) is 0 Å². The number of carbonyl (C=O) groups is 1. The number of ether oxygens (including phenoxy) is 1. The predicted octanol–water partition coefficient (Wildman–Crippen LogP) is 2.14. The molecule has 0 radical (unpaired) electrons. The van der Waals surface area contributed by atoms with Crippen molar-refractivity contribution in [2.45, 2.75) is 13.3 Å². The number of hydrogen-bond donors (Lipinski definition) is 1. The third-order valence-corrected chi connectivity index (χ3v) is 3.42. The third-order valence-electron chi connectivity index (χ3n) is 2.89. The first kappa shape index (κ1) is 12.6. The SMILES string of the molecule is CC1(CNC(=O)Cc2ccc(Br)cc2)COC1. The molecule has 0 aromatic heterocycles. The molecule has 1 fully saturated rings. The standard InChI is InChI=1S/C13H16BrNO2/c1-13(8-17-9-13)7-15-12(16)6-10-2-4-11(14)5-3-10/h2-5H,6-9H2,1H3,(H,15,16). The van der Waals surface area contributed by atoms with E-state index in [1.807, 2.05) is 24.3 Å². The summed E-state index contributed by atoms with van der Waals surface area (Å²) in [6.45, 7) is 4.30. The Balaban J connectivity index is 1.79.